The molecule has 0 aromatic heterocycles. The third kappa shape index (κ3) is 7.02. The number of nitrogens with one attached hydrogen (secondary N) is 1. The van der Waals surface area contributed by atoms with Crippen LogP contribution in [0.2, 0.25) is 0 Å². The molecule has 41 heavy (non-hydrogen) atoms. The molecule has 3 aromatic carbocycles. The molecule has 216 valence electrons. The number of anilines is 1. The molecule has 0 spiro atoms. The van der Waals surface area contributed by atoms with Crippen LogP contribution in [0.5, 0.6) is 11.5 Å². The Labute approximate surface area is 242 Å². The van der Waals surface area contributed by atoms with Crippen LogP contribution in [0.1, 0.15) is 72.9 Å². The second kappa shape index (κ2) is 13.1. The average Bonchev–Trinajstić information content (AvgIpc) is 3.33. The van der Waals surface area contributed by atoms with Crippen LogP contribution in [0.25, 0.3) is 0 Å². The van der Waals surface area contributed by atoms with Gasteiger partial charge in [0.05, 0.1) is 12.5 Å². The first-order valence-corrected chi connectivity index (χ1v) is 14.7. The number of nitrogens with zero attached hydrogens (tertiary/aromatic N) is 1. The second-order valence-electron chi connectivity index (χ2n) is 11.4. The van der Waals surface area contributed by atoms with Crippen LogP contribution < -0.4 is 14.8 Å². The molecule has 3 aromatic rings. The van der Waals surface area contributed by atoms with E-state index in [1.807, 2.05) is 54.6 Å². The topological polar surface area (TPSA) is 88.1 Å². The predicted molar refractivity (Wildman–Crippen MR) is 160 cm³/mol. The number of rotatable bonds is 11. The van der Waals surface area contributed by atoms with E-state index in [9.17, 15) is 9.59 Å². The Morgan fingerprint density at radius 3 is 2.46 bits per heavy atom. The summed E-state index contributed by atoms with van der Waals surface area (Å²) < 4.78 is 12.8. The number of aliphatic carboxylic acids is 1. The molecule has 0 bridgehead atoms. The maximum absolute atomic E-state index is 12.8. The zero-order valence-electron chi connectivity index (χ0n) is 23.9. The first-order chi connectivity index (χ1) is 19.9. The van der Waals surface area contributed by atoms with Crippen LogP contribution in [0.4, 0.5) is 5.69 Å². The van der Waals surface area contributed by atoms with E-state index in [4.69, 9.17) is 14.6 Å². The van der Waals surface area contributed by atoms with Gasteiger partial charge in [-0.2, -0.15) is 0 Å². The second-order valence-corrected chi connectivity index (χ2v) is 11.4. The van der Waals surface area contributed by atoms with Crippen molar-refractivity contribution in [1.29, 1.82) is 0 Å². The van der Waals surface area contributed by atoms with E-state index in [2.05, 4.69) is 30.4 Å². The number of fused-ring (bicyclic) bond motifs is 1. The fourth-order valence-corrected chi connectivity index (χ4v) is 6.08. The molecule has 3 atom stereocenters. The third-order valence-electron chi connectivity index (χ3n) is 8.46. The standard InChI is InChI=1S/C34H40N2O5/c1-23-29-21-28(40-22-24-9-5-3-6-10-24)17-18-30(29)41-33(23)32(25-11-7-4-8-12-25)35-27-15-13-26(14-16-27)34(39)36(2)20-19-31(37)38/h3,5-6,9-10,13-18,21,23,25,32-33,35H,4,7-8,11-12,19-20,22H2,1-2H3,(H,37,38). The quantitative estimate of drug-likeness (QED) is 0.272. The van der Waals surface area contributed by atoms with E-state index in [-0.39, 0.29) is 36.9 Å². The van der Waals surface area contributed by atoms with Crippen molar-refractivity contribution in [3.63, 3.8) is 0 Å². The largest absolute Gasteiger partial charge is 0.489 e. The Bertz CT molecular complexity index is 1320. The van der Waals surface area contributed by atoms with Crippen molar-refractivity contribution in [1.82, 2.24) is 4.90 Å². The van der Waals surface area contributed by atoms with Crippen molar-refractivity contribution in [2.24, 2.45) is 5.92 Å². The normalized spacial score (nSPS) is 19.1. The van der Waals surface area contributed by atoms with Gasteiger partial charge >= 0.3 is 5.97 Å². The van der Waals surface area contributed by atoms with Crippen LogP contribution in [0, 0.1) is 5.92 Å². The van der Waals surface area contributed by atoms with Gasteiger partial charge in [-0.1, -0.05) is 56.5 Å². The maximum Gasteiger partial charge on any atom is 0.305 e. The van der Waals surface area contributed by atoms with Gasteiger partial charge in [0, 0.05) is 36.3 Å². The Balaban J connectivity index is 1.29. The van der Waals surface area contributed by atoms with Gasteiger partial charge in [-0.25, -0.2) is 0 Å². The van der Waals surface area contributed by atoms with Gasteiger partial charge in [0.25, 0.3) is 5.91 Å². The number of benzene rings is 3. The highest BCUT2D eigenvalue weighted by atomic mass is 16.5. The predicted octanol–water partition coefficient (Wildman–Crippen LogP) is 6.74. The number of carbonyl (C=O) groups excluding carboxylic acids is 1. The first-order valence-electron chi connectivity index (χ1n) is 14.7. The van der Waals surface area contributed by atoms with Crippen LogP contribution in [0.3, 0.4) is 0 Å². The molecular weight excluding hydrogens is 516 g/mol. The number of hydrogen-bond donors (Lipinski definition) is 2. The Morgan fingerprint density at radius 1 is 1.02 bits per heavy atom. The molecule has 0 saturated heterocycles. The van der Waals surface area contributed by atoms with E-state index in [0.717, 1.165) is 35.6 Å². The summed E-state index contributed by atoms with van der Waals surface area (Å²) in [6.45, 7) is 2.94. The number of ether oxygens (including phenoxy) is 2. The molecule has 0 radical (unpaired) electrons. The van der Waals surface area contributed by atoms with Gasteiger partial charge in [-0.3, -0.25) is 9.59 Å². The molecule has 1 heterocycles. The van der Waals surface area contributed by atoms with Gasteiger partial charge in [0.1, 0.15) is 24.2 Å². The molecule has 1 saturated carbocycles. The van der Waals surface area contributed by atoms with E-state index in [0.29, 0.717) is 18.1 Å². The third-order valence-corrected chi connectivity index (χ3v) is 8.46. The summed E-state index contributed by atoms with van der Waals surface area (Å²) in [6.07, 6.45) is 5.95. The first kappa shape index (κ1) is 28.5. The minimum Gasteiger partial charge on any atom is -0.489 e. The molecule has 1 fully saturated rings. The summed E-state index contributed by atoms with van der Waals surface area (Å²) in [6, 6.07) is 23.9. The van der Waals surface area contributed by atoms with E-state index < -0.39 is 5.97 Å². The van der Waals surface area contributed by atoms with E-state index in [1.54, 1.807) is 7.05 Å². The molecule has 1 amide bonds. The number of amides is 1. The summed E-state index contributed by atoms with van der Waals surface area (Å²) in [7, 11) is 1.63. The highest BCUT2D eigenvalue weighted by molar-refractivity contribution is 5.94. The number of carboxylic acid groups (broad SMARTS) is 1. The van der Waals surface area contributed by atoms with Gasteiger partial charge < -0.3 is 24.8 Å². The van der Waals surface area contributed by atoms with Gasteiger partial charge in [0.2, 0.25) is 0 Å². The SMILES string of the molecule is CC1c2cc(OCc3ccccc3)ccc2OC1C(Nc1ccc(C(=O)N(C)CCC(=O)O)cc1)C1CCCCC1. The lowest BCUT2D eigenvalue weighted by Gasteiger charge is -2.36. The Hall–Kier alpha value is -4.00. The summed E-state index contributed by atoms with van der Waals surface area (Å²) in [5, 5.41) is 12.7. The molecule has 5 rings (SSSR count). The molecule has 7 heteroatoms. The van der Waals surface area contributed by atoms with Crippen molar-refractivity contribution in [2.45, 2.75) is 70.1 Å². The monoisotopic (exact) mass is 556 g/mol. The summed E-state index contributed by atoms with van der Waals surface area (Å²) >= 11 is 0. The lowest BCUT2D eigenvalue weighted by atomic mass is 9.78. The average molecular weight is 557 g/mol. The number of hydrogen-bond acceptors (Lipinski definition) is 5. The van der Waals surface area contributed by atoms with Crippen molar-refractivity contribution in [3.05, 3.63) is 89.5 Å². The van der Waals surface area contributed by atoms with Crippen LogP contribution >= 0.6 is 0 Å². The Morgan fingerprint density at radius 2 is 1.76 bits per heavy atom. The fourth-order valence-electron chi connectivity index (χ4n) is 6.08. The molecule has 1 aliphatic heterocycles. The summed E-state index contributed by atoms with van der Waals surface area (Å²) in [5.41, 5.74) is 3.80. The number of carbonyl (C=O) groups is 2. The highest BCUT2D eigenvalue weighted by Crippen LogP contribution is 2.44. The Kier molecular flexibility index (Phi) is 9.12. The van der Waals surface area contributed by atoms with Crippen molar-refractivity contribution >= 4 is 17.6 Å². The van der Waals surface area contributed by atoms with E-state index >= 15 is 0 Å². The van der Waals surface area contributed by atoms with Gasteiger partial charge in [-0.05, 0) is 66.8 Å². The zero-order valence-corrected chi connectivity index (χ0v) is 23.9. The van der Waals surface area contributed by atoms with Crippen LogP contribution in [0.15, 0.2) is 72.8 Å². The van der Waals surface area contributed by atoms with Crippen molar-refractivity contribution in [2.75, 3.05) is 18.9 Å². The van der Waals surface area contributed by atoms with Crippen LogP contribution in [-0.2, 0) is 11.4 Å². The molecule has 3 unspecified atom stereocenters. The summed E-state index contributed by atoms with van der Waals surface area (Å²) in [4.78, 5) is 25.1. The molecule has 1 aliphatic carbocycles. The van der Waals surface area contributed by atoms with Gasteiger partial charge in [0.15, 0.2) is 0 Å². The molecular formula is C34H40N2O5. The molecule has 2 aliphatic rings. The van der Waals surface area contributed by atoms with Crippen LogP contribution in [-0.4, -0.2) is 47.6 Å². The lowest BCUT2D eigenvalue weighted by molar-refractivity contribution is -0.137. The number of carboxylic acids is 1. The summed E-state index contributed by atoms with van der Waals surface area (Å²) in [5.74, 6) is 1.34. The highest BCUT2D eigenvalue weighted by Gasteiger charge is 2.41. The fraction of sp³-hybridized carbons (Fsp3) is 0.412. The van der Waals surface area contributed by atoms with Gasteiger partial charge in [-0.15, -0.1) is 0 Å². The maximum atomic E-state index is 12.8. The smallest absolute Gasteiger partial charge is 0.305 e. The van der Waals surface area contributed by atoms with Crippen molar-refractivity contribution in [3.8, 4) is 11.5 Å². The molecule has 2 N–H and O–H groups in total. The lowest BCUT2D eigenvalue weighted by Crippen LogP contribution is -2.44. The van der Waals surface area contributed by atoms with E-state index in [1.165, 1.54) is 29.7 Å². The zero-order chi connectivity index (χ0) is 28.8. The van der Waals surface area contributed by atoms with Crippen molar-refractivity contribution < 1.29 is 24.2 Å². The minimum absolute atomic E-state index is 0.0269. The minimum atomic E-state index is -0.917. The molecule has 7 nitrogen and oxygen atoms in total.